The highest BCUT2D eigenvalue weighted by molar-refractivity contribution is 5.98. The summed E-state index contributed by atoms with van der Waals surface area (Å²) < 4.78 is 25.6. The van der Waals surface area contributed by atoms with E-state index in [-0.39, 0.29) is 5.56 Å². The zero-order valence-electron chi connectivity index (χ0n) is 15.6. The van der Waals surface area contributed by atoms with E-state index in [1.807, 2.05) is 32.0 Å². The van der Waals surface area contributed by atoms with E-state index < -0.39 is 24.2 Å². The molecule has 3 aromatic rings. The third-order valence-electron chi connectivity index (χ3n) is 4.40. The lowest BCUT2D eigenvalue weighted by molar-refractivity contribution is -0.136. The maximum atomic E-state index is 13.1. The number of halogens is 1. The van der Waals surface area contributed by atoms with Gasteiger partial charge in [0.15, 0.2) is 12.4 Å². The molecule has 0 spiro atoms. The molecule has 28 heavy (non-hydrogen) atoms. The van der Waals surface area contributed by atoms with Crippen molar-refractivity contribution in [3.05, 3.63) is 88.9 Å². The first-order valence-electron chi connectivity index (χ1n) is 8.77. The number of carbonyl (C=O) groups excluding carboxylic acids is 2. The molecule has 0 aliphatic carbocycles. The molecule has 0 radical (unpaired) electrons. The maximum Gasteiger partial charge on any atom is 0.331 e. The molecule has 0 unspecified atom stereocenters. The lowest BCUT2D eigenvalue weighted by Gasteiger charge is -2.07. The van der Waals surface area contributed by atoms with Crippen LogP contribution in [0, 0.1) is 19.7 Å². The number of benzene rings is 1. The maximum absolute atomic E-state index is 13.1. The number of ketones is 1. The summed E-state index contributed by atoms with van der Waals surface area (Å²) in [6.07, 6.45) is 4.55. The van der Waals surface area contributed by atoms with Gasteiger partial charge in [-0.05, 0) is 55.8 Å². The minimum Gasteiger partial charge on any atom is -0.467 e. The highest BCUT2D eigenvalue weighted by Crippen LogP contribution is 2.18. The molecule has 0 N–H and O–H groups in total. The van der Waals surface area contributed by atoms with Crippen molar-refractivity contribution in [3.8, 4) is 0 Å². The summed E-state index contributed by atoms with van der Waals surface area (Å²) in [5, 5.41) is 0. The van der Waals surface area contributed by atoms with Gasteiger partial charge in [0.05, 0.1) is 12.8 Å². The predicted molar refractivity (Wildman–Crippen MR) is 102 cm³/mol. The SMILES string of the molecule is Cc1cc(/C=C/C(=O)OCC(=O)c2cccc(F)c2)c(C)n1Cc1ccco1. The third-order valence-corrected chi connectivity index (χ3v) is 4.40. The van der Waals surface area contributed by atoms with E-state index >= 15 is 0 Å². The molecule has 3 rings (SSSR count). The summed E-state index contributed by atoms with van der Waals surface area (Å²) in [5.74, 6) is -0.770. The zero-order chi connectivity index (χ0) is 20.1. The topological polar surface area (TPSA) is 61.4 Å². The van der Waals surface area contributed by atoms with Gasteiger partial charge in [-0.3, -0.25) is 4.79 Å². The molecule has 0 atom stereocenters. The van der Waals surface area contributed by atoms with Crippen molar-refractivity contribution in [3.63, 3.8) is 0 Å². The standard InChI is InChI=1S/C22H20FNO4/c1-15-11-17(16(2)24(15)13-20-7-4-10-27-20)8-9-22(26)28-14-21(25)18-5-3-6-19(23)12-18/h3-12H,13-14H2,1-2H3/b9-8+. The van der Waals surface area contributed by atoms with Crippen LogP contribution in [0.3, 0.4) is 0 Å². The first-order valence-corrected chi connectivity index (χ1v) is 8.77. The van der Waals surface area contributed by atoms with Crippen molar-refractivity contribution in [1.82, 2.24) is 4.57 Å². The quantitative estimate of drug-likeness (QED) is 0.347. The van der Waals surface area contributed by atoms with Gasteiger partial charge in [0.1, 0.15) is 11.6 Å². The largest absolute Gasteiger partial charge is 0.467 e. The number of carbonyl (C=O) groups is 2. The van der Waals surface area contributed by atoms with Gasteiger partial charge < -0.3 is 13.7 Å². The number of Topliss-reactive ketones (excluding diaryl/α,β-unsaturated/α-hetero) is 1. The van der Waals surface area contributed by atoms with Crippen LogP contribution in [0.15, 0.2) is 59.2 Å². The van der Waals surface area contributed by atoms with Crippen molar-refractivity contribution in [2.75, 3.05) is 6.61 Å². The highest BCUT2D eigenvalue weighted by Gasteiger charge is 2.11. The van der Waals surface area contributed by atoms with Crippen molar-refractivity contribution >= 4 is 17.8 Å². The number of hydrogen-bond acceptors (Lipinski definition) is 4. The van der Waals surface area contributed by atoms with Gasteiger partial charge in [-0.25, -0.2) is 9.18 Å². The highest BCUT2D eigenvalue weighted by atomic mass is 19.1. The number of ether oxygens (including phenoxy) is 1. The van der Waals surface area contributed by atoms with E-state index in [4.69, 9.17) is 9.15 Å². The van der Waals surface area contributed by atoms with Crippen LogP contribution in [0.1, 0.15) is 33.1 Å². The number of esters is 1. The summed E-state index contributed by atoms with van der Waals surface area (Å²) in [4.78, 5) is 23.9. The van der Waals surface area contributed by atoms with E-state index in [0.717, 1.165) is 28.8 Å². The second-order valence-electron chi connectivity index (χ2n) is 6.37. The lowest BCUT2D eigenvalue weighted by atomic mass is 10.1. The van der Waals surface area contributed by atoms with Crippen LogP contribution in [-0.4, -0.2) is 22.9 Å². The van der Waals surface area contributed by atoms with Crippen molar-refractivity contribution in [2.24, 2.45) is 0 Å². The lowest BCUT2D eigenvalue weighted by Crippen LogP contribution is -2.12. The van der Waals surface area contributed by atoms with Crippen LogP contribution in [0.25, 0.3) is 6.08 Å². The van der Waals surface area contributed by atoms with Crippen LogP contribution >= 0.6 is 0 Å². The van der Waals surface area contributed by atoms with Gasteiger partial charge in [0.25, 0.3) is 0 Å². The monoisotopic (exact) mass is 381 g/mol. The van der Waals surface area contributed by atoms with Gasteiger partial charge in [-0.1, -0.05) is 12.1 Å². The molecule has 5 nitrogen and oxygen atoms in total. The summed E-state index contributed by atoms with van der Waals surface area (Å²) in [5.41, 5.74) is 3.05. The minimum atomic E-state index is -0.638. The van der Waals surface area contributed by atoms with Crippen molar-refractivity contribution in [2.45, 2.75) is 20.4 Å². The van der Waals surface area contributed by atoms with E-state index in [9.17, 15) is 14.0 Å². The molecule has 2 aromatic heterocycles. The minimum absolute atomic E-state index is 0.165. The Balaban J connectivity index is 1.60. The first-order chi connectivity index (χ1) is 13.4. The van der Waals surface area contributed by atoms with Crippen LogP contribution in [0.5, 0.6) is 0 Å². The Morgan fingerprint density at radius 1 is 1.18 bits per heavy atom. The number of rotatable bonds is 7. The second-order valence-corrected chi connectivity index (χ2v) is 6.37. The molecule has 1 aromatic carbocycles. The van der Waals surface area contributed by atoms with Crippen LogP contribution < -0.4 is 0 Å². The molecule has 0 aliphatic heterocycles. The zero-order valence-corrected chi connectivity index (χ0v) is 15.6. The van der Waals surface area contributed by atoms with Gasteiger partial charge in [-0.2, -0.15) is 0 Å². The van der Waals surface area contributed by atoms with Crippen LogP contribution in [0.4, 0.5) is 4.39 Å². The summed E-state index contributed by atoms with van der Waals surface area (Å²) >= 11 is 0. The molecule has 0 fully saturated rings. The molecule has 6 heteroatoms. The Bertz CT molecular complexity index is 1020. The number of aromatic nitrogens is 1. The third kappa shape index (κ3) is 4.65. The van der Waals surface area contributed by atoms with Gasteiger partial charge in [0.2, 0.25) is 0 Å². The summed E-state index contributed by atoms with van der Waals surface area (Å²) in [7, 11) is 0. The molecule has 0 saturated heterocycles. The van der Waals surface area contributed by atoms with Gasteiger partial charge in [-0.15, -0.1) is 0 Å². The molecular weight excluding hydrogens is 361 g/mol. The molecule has 144 valence electrons. The Morgan fingerprint density at radius 2 is 2.00 bits per heavy atom. The van der Waals surface area contributed by atoms with Gasteiger partial charge in [0, 0.05) is 23.0 Å². The average Bonchev–Trinajstić information content (AvgIpc) is 3.28. The molecule has 0 aliphatic rings. The smallest absolute Gasteiger partial charge is 0.331 e. The van der Waals surface area contributed by atoms with Crippen molar-refractivity contribution < 1.29 is 23.1 Å². The first kappa shape index (κ1) is 19.4. The Morgan fingerprint density at radius 3 is 2.71 bits per heavy atom. The van der Waals surface area contributed by atoms with Gasteiger partial charge >= 0.3 is 5.97 Å². The van der Waals surface area contributed by atoms with Crippen LogP contribution in [0.2, 0.25) is 0 Å². The van der Waals surface area contributed by atoms with Crippen LogP contribution in [-0.2, 0) is 16.1 Å². The normalized spacial score (nSPS) is 11.1. The molecular formula is C22H20FNO4. The molecule has 2 heterocycles. The van der Waals surface area contributed by atoms with E-state index in [0.29, 0.717) is 6.54 Å². The fourth-order valence-corrected chi connectivity index (χ4v) is 2.89. The molecule has 0 bridgehead atoms. The molecule has 0 amide bonds. The fraction of sp³-hybridized carbons (Fsp3) is 0.182. The second kappa shape index (κ2) is 8.52. The number of hydrogen-bond donors (Lipinski definition) is 0. The Hall–Kier alpha value is -3.41. The average molecular weight is 381 g/mol. The fourth-order valence-electron chi connectivity index (χ4n) is 2.89. The van der Waals surface area contributed by atoms with E-state index in [1.165, 1.54) is 24.3 Å². The van der Waals surface area contributed by atoms with E-state index in [2.05, 4.69) is 4.57 Å². The summed E-state index contributed by atoms with van der Waals surface area (Å²) in [6.45, 7) is 4.09. The Labute approximate surface area is 162 Å². The predicted octanol–water partition coefficient (Wildman–Crippen LogP) is 4.32. The number of aryl methyl sites for hydroxylation is 1. The summed E-state index contributed by atoms with van der Waals surface area (Å²) in [6, 6.07) is 11.0. The Kier molecular flexibility index (Phi) is 5.89. The number of furan rings is 1. The van der Waals surface area contributed by atoms with E-state index in [1.54, 1.807) is 12.3 Å². The molecule has 0 saturated carbocycles. The number of nitrogens with zero attached hydrogens (tertiary/aromatic N) is 1. The van der Waals surface area contributed by atoms with Crippen molar-refractivity contribution in [1.29, 1.82) is 0 Å².